The van der Waals surface area contributed by atoms with E-state index in [4.69, 9.17) is 0 Å². The Morgan fingerprint density at radius 1 is 1.44 bits per heavy atom. The van der Waals surface area contributed by atoms with E-state index in [1.54, 1.807) is 0 Å². The molecule has 0 aromatic carbocycles. The summed E-state index contributed by atoms with van der Waals surface area (Å²) in [6.45, 7) is -1.03. The van der Waals surface area contributed by atoms with Crippen LogP contribution in [0.5, 0.6) is 11.6 Å². The Bertz CT molecular complexity index is 426. The van der Waals surface area contributed by atoms with E-state index >= 15 is 0 Å². The Morgan fingerprint density at radius 3 is 2.50 bits per heavy atom. The highest BCUT2D eigenvalue weighted by Gasteiger charge is 2.34. The molecular formula is C8H7F4NO3. The molecule has 1 rings (SSSR count). The summed E-state index contributed by atoms with van der Waals surface area (Å²) in [5, 5.41) is 0. The third kappa shape index (κ3) is 2.88. The molecule has 0 radical (unpaired) electrons. The fourth-order valence-corrected chi connectivity index (χ4v) is 1.00. The predicted octanol–water partition coefficient (Wildman–Crippen LogP) is 1.75. The van der Waals surface area contributed by atoms with Crippen LogP contribution in [-0.4, -0.2) is 18.5 Å². The third-order valence-corrected chi connectivity index (χ3v) is 1.58. The lowest BCUT2D eigenvalue weighted by Crippen LogP contribution is -2.23. The van der Waals surface area contributed by atoms with Crippen molar-refractivity contribution in [3.8, 4) is 11.6 Å². The van der Waals surface area contributed by atoms with Gasteiger partial charge in [-0.25, -0.2) is 4.39 Å². The number of ether oxygens (including phenoxy) is 2. The van der Waals surface area contributed by atoms with Gasteiger partial charge in [0.25, 0.3) is 0 Å². The Labute approximate surface area is 86.8 Å². The fourth-order valence-electron chi connectivity index (χ4n) is 1.00. The molecule has 1 aromatic rings. The second-order valence-corrected chi connectivity index (χ2v) is 2.70. The van der Waals surface area contributed by atoms with E-state index in [-0.39, 0.29) is 5.69 Å². The number of methoxy groups -OCH3 is 1. The lowest BCUT2D eigenvalue weighted by molar-refractivity contribution is -0.275. The standard InChI is InChI=1S/C8H7F4NO3/c1-15-7-6(16-8(10,11)12)5(14)2-4(3-9)13-7/h2H,3H2,1H3,(H,13,14). The first-order chi connectivity index (χ1) is 7.37. The highest BCUT2D eigenvalue weighted by atomic mass is 19.4. The largest absolute Gasteiger partial charge is 0.573 e. The van der Waals surface area contributed by atoms with E-state index in [1.165, 1.54) is 0 Å². The summed E-state index contributed by atoms with van der Waals surface area (Å²) in [7, 11) is 1.02. The SMILES string of the molecule is COc1[nH]c(CF)cc(=O)c1OC(F)(F)F. The van der Waals surface area contributed by atoms with E-state index < -0.39 is 30.1 Å². The van der Waals surface area contributed by atoms with Crippen LogP contribution < -0.4 is 14.9 Å². The maximum atomic E-state index is 12.2. The number of pyridine rings is 1. The van der Waals surface area contributed by atoms with Gasteiger partial charge in [0.2, 0.25) is 17.1 Å². The van der Waals surface area contributed by atoms with Crippen LogP contribution in [0.1, 0.15) is 5.69 Å². The molecule has 0 saturated carbocycles. The van der Waals surface area contributed by atoms with E-state index in [0.717, 1.165) is 7.11 Å². The average Bonchev–Trinajstić information content (AvgIpc) is 2.19. The highest BCUT2D eigenvalue weighted by molar-refractivity contribution is 5.35. The van der Waals surface area contributed by atoms with Crippen LogP contribution in [0.2, 0.25) is 0 Å². The minimum absolute atomic E-state index is 0.198. The summed E-state index contributed by atoms with van der Waals surface area (Å²) in [6, 6.07) is 0.670. The molecule has 0 unspecified atom stereocenters. The number of hydrogen-bond donors (Lipinski definition) is 1. The quantitative estimate of drug-likeness (QED) is 0.820. The van der Waals surface area contributed by atoms with Gasteiger partial charge < -0.3 is 14.5 Å². The summed E-state index contributed by atoms with van der Waals surface area (Å²) in [5.74, 6) is -1.62. The van der Waals surface area contributed by atoms with Crippen molar-refractivity contribution < 1.29 is 27.0 Å². The Kier molecular flexibility index (Phi) is 3.41. The maximum Gasteiger partial charge on any atom is 0.573 e. The Morgan fingerprint density at radius 2 is 2.06 bits per heavy atom. The van der Waals surface area contributed by atoms with Crippen LogP contribution in [0.15, 0.2) is 10.9 Å². The van der Waals surface area contributed by atoms with Gasteiger partial charge in [-0.1, -0.05) is 0 Å². The number of nitrogens with one attached hydrogen (secondary N) is 1. The first-order valence-electron chi connectivity index (χ1n) is 3.99. The molecule has 0 aliphatic carbocycles. The number of alkyl halides is 4. The summed E-state index contributed by atoms with van der Waals surface area (Å²) < 4.78 is 55.9. The first kappa shape index (κ1) is 12.3. The molecule has 90 valence electrons. The molecule has 16 heavy (non-hydrogen) atoms. The van der Waals surface area contributed by atoms with Crippen molar-refractivity contribution in [3.63, 3.8) is 0 Å². The van der Waals surface area contributed by atoms with E-state index in [2.05, 4.69) is 14.5 Å². The van der Waals surface area contributed by atoms with Crippen LogP contribution >= 0.6 is 0 Å². The minimum atomic E-state index is -5.02. The smallest absolute Gasteiger partial charge is 0.480 e. The molecule has 1 N–H and O–H groups in total. The normalized spacial score (nSPS) is 11.3. The number of halogens is 4. The molecule has 0 aliphatic heterocycles. The van der Waals surface area contributed by atoms with Crippen LogP contribution in [0.4, 0.5) is 17.6 Å². The molecule has 0 saturated heterocycles. The van der Waals surface area contributed by atoms with Gasteiger partial charge in [-0.05, 0) is 0 Å². The zero-order valence-electron chi connectivity index (χ0n) is 8.02. The van der Waals surface area contributed by atoms with Gasteiger partial charge >= 0.3 is 6.36 Å². The fraction of sp³-hybridized carbons (Fsp3) is 0.375. The van der Waals surface area contributed by atoms with Crippen molar-refractivity contribution in [1.82, 2.24) is 4.98 Å². The van der Waals surface area contributed by atoms with Gasteiger partial charge in [-0.3, -0.25) is 4.79 Å². The first-order valence-corrected chi connectivity index (χ1v) is 3.99. The van der Waals surface area contributed by atoms with Gasteiger partial charge in [0, 0.05) is 6.07 Å². The summed E-state index contributed by atoms with van der Waals surface area (Å²) >= 11 is 0. The van der Waals surface area contributed by atoms with Crippen molar-refractivity contribution in [2.24, 2.45) is 0 Å². The number of aromatic amines is 1. The van der Waals surface area contributed by atoms with E-state index in [1.807, 2.05) is 0 Å². The van der Waals surface area contributed by atoms with Crippen molar-refractivity contribution in [2.45, 2.75) is 13.0 Å². The Hall–Kier alpha value is -1.73. The van der Waals surface area contributed by atoms with Crippen molar-refractivity contribution in [1.29, 1.82) is 0 Å². The van der Waals surface area contributed by atoms with Crippen molar-refractivity contribution in [2.75, 3.05) is 7.11 Å². The van der Waals surface area contributed by atoms with E-state index in [9.17, 15) is 22.4 Å². The lowest BCUT2D eigenvalue weighted by Gasteiger charge is -2.11. The van der Waals surface area contributed by atoms with Crippen LogP contribution in [0, 0.1) is 0 Å². The van der Waals surface area contributed by atoms with E-state index in [0.29, 0.717) is 6.07 Å². The molecule has 0 fully saturated rings. The second-order valence-electron chi connectivity index (χ2n) is 2.70. The number of H-pyrrole nitrogens is 1. The molecule has 0 bridgehead atoms. The topological polar surface area (TPSA) is 51.3 Å². The van der Waals surface area contributed by atoms with Crippen LogP contribution in [0.3, 0.4) is 0 Å². The van der Waals surface area contributed by atoms with Gasteiger partial charge in [0.15, 0.2) is 0 Å². The minimum Gasteiger partial charge on any atom is -0.480 e. The van der Waals surface area contributed by atoms with Crippen molar-refractivity contribution in [3.05, 3.63) is 22.0 Å². The summed E-state index contributed by atoms with van der Waals surface area (Å²) in [4.78, 5) is 13.3. The zero-order chi connectivity index (χ0) is 12.3. The monoisotopic (exact) mass is 241 g/mol. The molecule has 0 amide bonds. The van der Waals surface area contributed by atoms with Crippen LogP contribution in [-0.2, 0) is 6.67 Å². The molecule has 1 aromatic heterocycles. The number of rotatable bonds is 3. The summed E-state index contributed by atoms with van der Waals surface area (Å²) in [6.07, 6.45) is -5.02. The Balaban J connectivity index is 3.22. The number of aromatic nitrogens is 1. The number of hydrogen-bond acceptors (Lipinski definition) is 3. The average molecular weight is 241 g/mol. The van der Waals surface area contributed by atoms with Gasteiger partial charge in [-0.2, -0.15) is 0 Å². The molecule has 8 heteroatoms. The molecule has 4 nitrogen and oxygen atoms in total. The molecule has 0 atom stereocenters. The van der Waals surface area contributed by atoms with Crippen LogP contribution in [0.25, 0.3) is 0 Å². The zero-order valence-corrected chi connectivity index (χ0v) is 8.02. The van der Waals surface area contributed by atoms with Gasteiger partial charge in [0.05, 0.1) is 12.8 Å². The second kappa shape index (κ2) is 4.42. The molecule has 0 spiro atoms. The molecular weight excluding hydrogens is 234 g/mol. The maximum absolute atomic E-state index is 12.2. The molecule has 1 heterocycles. The lowest BCUT2D eigenvalue weighted by atomic mass is 10.3. The summed E-state index contributed by atoms with van der Waals surface area (Å²) in [5.41, 5.74) is -1.31. The van der Waals surface area contributed by atoms with Crippen molar-refractivity contribution >= 4 is 0 Å². The van der Waals surface area contributed by atoms with Gasteiger partial charge in [0.1, 0.15) is 6.67 Å². The van der Waals surface area contributed by atoms with Gasteiger partial charge in [-0.15, -0.1) is 13.2 Å². The highest BCUT2D eigenvalue weighted by Crippen LogP contribution is 2.27. The predicted molar refractivity (Wildman–Crippen MR) is 45.1 cm³/mol. The third-order valence-electron chi connectivity index (χ3n) is 1.58. The molecule has 0 aliphatic rings.